The molecule has 1 nitrogen and oxygen atoms in total. The topological polar surface area (TPSA) is 20.2 Å². The van der Waals surface area contributed by atoms with Crippen LogP contribution in [-0.2, 0) is 12.8 Å². The second-order valence-electron chi connectivity index (χ2n) is 5.27. The van der Waals surface area contributed by atoms with Crippen LogP contribution in [0.3, 0.4) is 0 Å². The maximum atomic E-state index is 10.6. The number of thiophene rings is 1. The van der Waals surface area contributed by atoms with Crippen molar-refractivity contribution >= 4 is 34.5 Å². The molecule has 1 heterocycles. The fourth-order valence-corrected chi connectivity index (χ4v) is 4.55. The lowest BCUT2D eigenvalue weighted by Gasteiger charge is -2.27. The van der Waals surface area contributed by atoms with E-state index in [1.807, 2.05) is 18.2 Å². The van der Waals surface area contributed by atoms with Crippen LogP contribution in [0.4, 0.5) is 0 Å². The van der Waals surface area contributed by atoms with Crippen molar-refractivity contribution in [3.8, 4) is 0 Å². The van der Waals surface area contributed by atoms with Gasteiger partial charge in [0.25, 0.3) is 0 Å². The lowest BCUT2D eigenvalue weighted by Crippen LogP contribution is -2.24. The third-order valence-corrected chi connectivity index (χ3v) is 5.74. The zero-order valence-corrected chi connectivity index (χ0v) is 13.3. The Morgan fingerprint density at radius 3 is 2.75 bits per heavy atom. The van der Waals surface area contributed by atoms with Gasteiger partial charge in [-0.1, -0.05) is 29.3 Å². The molecule has 2 unspecified atom stereocenters. The highest BCUT2D eigenvalue weighted by Crippen LogP contribution is 2.38. The first-order valence-corrected chi connectivity index (χ1v) is 8.47. The van der Waals surface area contributed by atoms with Gasteiger partial charge in [0, 0.05) is 27.3 Å². The number of aliphatic hydroxyl groups excluding tert-OH is 1. The monoisotopic (exact) mass is 326 g/mol. The first-order valence-electron chi connectivity index (χ1n) is 6.84. The summed E-state index contributed by atoms with van der Waals surface area (Å²) in [5, 5.41) is 14.0. The molecule has 1 aromatic heterocycles. The zero-order chi connectivity index (χ0) is 14.1. The van der Waals surface area contributed by atoms with E-state index in [1.165, 1.54) is 10.4 Å². The fourth-order valence-electron chi connectivity index (χ4n) is 3.00. The first-order chi connectivity index (χ1) is 9.66. The molecule has 0 bridgehead atoms. The van der Waals surface area contributed by atoms with Crippen molar-refractivity contribution in [1.29, 1.82) is 0 Å². The van der Waals surface area contributed by atoms with Crippen LogP contribution < -0.4 is 0 Å². The molecule has 0 aliphatic heterocycles. The SMILES string of the molecule is OC(Cc1c(Cl)cccc1Cl)C1CCCc2sccc21. The molecule has 0 spiro atoms. The minimum atomic E-state index is -0.430. The Balaban J connectivity index is 1.83. The van der Waals surface area contributed by atoms with Crippen molar-refractivity contribution < 1.29 is 5.11 Å². The van der Waals surface area contributed by atoms with Gasteiger partial charge in [0.1, 0.15) is 0 Å². The molecule has 1 aliphatic carbocycles. The average molecular weight is 327 g/mol. The molecule has 0 amide bonds. The van der Waals surface area contributed by atoms with Gasteiger partial charge in [-0.3, -0.25) is 0 Å². The standard InChI is InChI=1S/C16H16Cl2OS/c17-13-4-2-5-14(18)12(13)9-15(19)10-3-1-6-16-11(10)7-8-20-16/h2,4-5,7-8,10,15,19H,1,3,6,9H2. The summed E-state index contributed by atoms with van der Waals surface area (Å²) in [4.78, 5) is 1.42. The quantitative estimate of drug-likeness (QED) is 0.834. The highest BCUT2D eigenvalue weighted by Gasteiger charge is 2.28. The number of fused-ring (bicyclic) bond motifs is 1. The minimum Gasteiger partial charge on any atom is -0.392 e. The number of halogens is 2. The largest absolute Gasteiger partial charge is 0.392 e. The third kappa shape index (κ3) is 2.75. The molecule has 0 saturated carbocycles. The molecule has 20 heavy (non-hydrogen) atoms. The number of hydrogen-bond acceptors (Lipinski definition) is 2. The number of aliphatic hydroxyl groups is 1. The van der Waals surface area contributed by atoms with E-state index in [1.54, 1.807) is 11.3 Å². The Hall–Kier alpha value is -0.540. The van der Waals surface area contributed by atoms with Crippen molar-refractivity contribution in [3.63, 3.8) is 0 Å². The van der Waals surface area contributed by atoms with Crippen LogP contribution in [0.25, 0.3) is 0 Å². The molecular formula is C16H16Cl2OS. The second-order valence-corrected chi connectivity index (χ2v) is 7.08. The fraction of sp³-hybridized carbons (Fsp3) is 0.375. The van der Waals surface area contributed by atoms with Gasteiger partial charge in [-0.2, -0.15) is 0 Å². The Morgan fingerprint density at radius 2 is 2.00 bits per heavy atom. The number of benzene rings is 1. The highest BCUT2D eigenvalue weighted by atomic mass is 35.5. The molecule has 1 N–H and O–H groups in total. The van der Waals surface area contributed by atoms with Crippen molar-refractivity contribution in [2.75, 3.05) is 0 Å². The summed E-state index contributed by atoms with van der Waals surface area (Å²) in [5.41, 5.74) is 2.17. The minimum absolute atomic E-state index is 0.206. The lowest BCUT2D eigenvalue weighted by atomic mass is 9.82. The van der Waals surface area contributed by atoms with Crippen LogP contribution >= 0.6 is 34.5 Å². The van der Waals surface area contributed by atoms with Crippen molar-refractivity contribution in [3.05, 3.63) is 55.7 Å². The highest BCUT2D eigenvalue weighted by molar-refractivity contribution is 7.10. The molecule has 1 aromatic carbocycles. The molecule has 0 radical (unpaired) electrons. The average Bonchev–Trinajstić information content (AvgIpc) is 2.91. The number of aryl methyl sites for hydroxylation is 1. The second kappa shape index (κ2) is 6.07. The van der Waals surface area contributed by atoms with Crippen LogP contribution in [0.1, 0.15) is 34.8 Å². The Labute approximate surface area is 133 Å². The zero-order valence-electron chi connectivity index (χ0n) is 11.0. The summed E-state index contributed by atoms with van der Waals surface area (Å²) in [7, 11) is 0. The summed E-state index contributed by atoms with van der Waals surface area (Å²) >= 11 is 14.2. The van der Waals surface area contributed by atoms with E-state index in [4.69, 9.17) is 23.2 Å². The molecule has 2 aromatic rings. The summed E-state index contributed by atoms with van der Waals surface area (Å²) in [6.07, 6.45) is 3.40. The Kier molecular flexibility index (Phi) is 4.37. The normalized spacial score (nSPS) is 19.6. The molecule has 4 heteroatoms. The van der Waals surface area contributed by atoms with Crippen LogP contribution in [0.2, 0.25) is 10.0 Å². The van der Waals surface area contributed by atoms with Crippen LogP contribution in [0.5, 0.6) is 0 Å². The number of hydrogen-bond donors (Lipinski definition) is 1. The van der Waals surface area contributed by atoms with E-state index in [2.05, 4.69) is 11.4 Å². The summed E-state index contributed by atoms with van der Waals surface area (Å²) in [5.74, 6) is 0.206. The van der Waals surface area contributed by atoms with Gasteiger partial charge in [0.15, 0.2) is 0 Å². The molecular weight excluding hydrogens is 311 g/mol. The Bertz CT molecular complexity index is 588. The molecule has 2 atom stereocenters. The van der Waals surface area contributed by atoms with E-state index in [9.17, 15) is 5.11 Å². The lowest BCUT2D eigenvalue weighted by molar-refractivity contribution is 0.135. The van der Waals surface area contributed by atoms with E-state index >= 15 is 0 Å². The van der Waals surface area contributed by atoms with E-state index in [-0.39, 0.29) is 5.92 Å². The third-order valence-electron chi connectivity index (χ3n) is 4.04. The Morgan fingerprint density at radius 1 is 1.25 bits per heavy atom. The number of rotatable bonds is 3. The van der Waals surface area contributed by atoms with E-state index in [0.29, 0.717) is 16.5 Å². The summed E-state index contributed by atoms with van der Waals surface area (Å²) < 4.78 is 0. The predicted octanol–water partition coefficient (Wildman–Crippen LogP) is 5.08. The maximum absolute atomic E-state index is 10.6. The van der Waals surface area contributed by atoms with Gasteiger partial charge in [0.05, 0.1) is 6.10 Å². The van der Waals surface area contributed by atoms with Crippen LogP contribution in [-0.4, -0.2) is 11.2 Å². The van der Waals surface area contributed by atoms with Gasteiger partial charge in [-0.15, -0.1) is 11.3 Å². The van der Waals surface area contributed by atoms with Gasteiger partial charge in [0.2, 0.25) is 0 Å². The van der Waals surface area contributed by atoms with Crippen molar-refractivity contribution in [1.82, 2.24) is 0 Å². The smallest absolute Gasteiger partial charge is 0.0650 e. The van der Waals surface area contributed by atoms with Crippen molar-refractivity contribution in [2.24, 2.45) is 0 Å². The van der Waals surface area contributed by atoms with Gasteiger partial charge in [-0.05, 0) is 54.0 Å². The van der Waals surface area contributed by atoms with Crippen LogP contribution in [0, 0.1) is 0 Å². The first kappa shape index (κ1) is 14.4. The van der Waals surface area contributed by atoms with Gasteiger partial charge >= 0.3 is 0 Å². The van der Waals surface area contributed by atoms with Gasteiger partial charge in [-0.25, -0.2) is 0 Å². The summed E-state index contributed by atoms with van der Waals surface area (Å²) in [6, 6.07) is 7.64. The predicted molar refractivity (Wildman–Crippen MR) is 86.2 cm³/mol. The maximum Gasteiger partial charge on any atom is 0.0650 e. The molecule has 3 rings (SSSR count). The van der Waals surface area contributed by atoms with Crippen molar-refractivity contribution in [2.45, 2.75) is 37.7 Å². The molecule has 0 saturated heterocycles. The molecule has 1 aliphatic rings. The van der Waals surface area contributed by atoms with Gasteiger partial charge < -0.3 is 5.11 Å². The molecule has 0 fully saturated rings. The van der Waals surface area contributed by atoms with E-state index in [0.717, 1.165) is 24.8 Å². The van der Waals surface area contributed by atoms with E-state index < -0.39 is 6.10 Å². The van der Waals surface area contributed by atoms with Crippen LogP contribution in [0.15, 0.2) is 29.6 Å². The molecule has 106 valence electrons. The summed E-state index contributed by atoms with van der Waals surface area (Å²) in [6.45, 7) is 0.